The van der Waals surface area contributed by atoms with Crippen LogP contribution in [0.25, 0.3) is 0 Å². The molecule has 1 atom stereocenters. The van der Waals surface area contributed by atoms with Crippen LogP contribution in [-0.4, -0.2) is 43.1 Å². The van der Waals surface area contributed by atoms with Gasteiger partial charge >= 0.3 is 41.6 Å². The summed E-state index contributed by atoms with van der Waals surface area (Å²) in [5.74, 6) is -3.13. The molecule has 0 aromatic heterocycles. The van der Waals surface area contributed by atoms with Crippen molar-refractivity contribution in [2.45, 2.75) is 19.4 Å². The van der Waals surface area contributed by atoms with Crippen LogP contribution in [-0.2, 0) is 19.1 Å². The second-order valence-corrected chi connectivity index (χ2v) is 3.86. The normalized spacial score (nSPS) is 10.5. The maximum absolute atomic E-state index is 11.3. The summed E-state index contributed by atoms with van der Waals surface area (Å²) < 4.78 is 4.69. The van der Waals surface area contributed by atoms with E-state index >= 15 is 0 Å². The number of primary amides is 1. The molecule has 0 bridgehead atoms. The van der Waals surface area contributed by atoms with Crippen LogP contribution in [0.15, 0.2) is 12.2 Å². The Hall–Kier alpha value is -1.58. The van der Waals surface area contributed by atoms with Crippen molar-refractivity contribution in [3.05, 3.63) is 12.2 Å². The minimum absolute atomic E-state index is 0. The van der Waals surface area contributed by atoms with Crippen molar-refractivity contribution in [1.29, 1.82) is 0 Å². The fourth-order valence-corrected chi connectivity index (χ4v) is 1.04. The number of esters is 1. The van der Waals surface area contributed by atoms with Crippen LogP contribution in [0.5, 0.6) is 0 Å². The molecule has 0 aromatic rings. The summed E-state index contributed by atoms with van der Waals surface area (Å²) in [6.45, 7) is 4.69. The fraction of sp³-hybridized carbons (Fsp3) is 0.455. The van der Waals surface area contributed by atoms with E-state index in [2.05, 4.69) is 16.6 Å². The molecule has 112 valence electrons. The zero-order valence-electron chi connectivity index (χ0n) is 11.9. The minimum Gasteiger partial charge on any atom is -0.548 e. The van der Waals surface area contributed by atoms with Gasteiger partial charge in [-0.15, -0.1) is 0 Å². The predicted molar refractivity (Wildman–Crippen MR) is 64.9 cm³/mol. The van der Waals surface area contributed by atoms with Gasteiger partial charge in [-0.25, -0.2) is 9.59 Å². The number of urea groups is 1. The third kappa shape index (κ3) is 10.8. The number of nitrogens with two attached hydrogens (primary N) is 1. The van der Waals surface area contributed by atoms with Crippen molar-refractivity contribution in [3.8, 4) is 0 Å². The van der Waals surface area contributed by atoms with Crippen LogP contribution >= 0.6 is 0 Å². The number of carbonyl (C=O) groups is 4. The van der Waals surface area contributed by atoms with Crippen LogP contribution in [0, 0.1) is 0 Å². The number of amides is 3. The molecule has 4 N–H and O–H groups in total. The van der Waals surface area contributed by atoms with Gasteiger partial charge in [0.25, 0.3) is 0 Å². The van der Waals surface area contributed by atoms with Gasteiger partial charge in [0, 0.05) is 5.57 Å². The molecular formula is C11H16N3NaO6. The molecule has 0 spiro atoms. The van der Waals surface area contributed by atoms with E-state index < -0.39 is 36.3 Å². The first-order chi connectivity index (χ1) is 9.23. The van der Waals surface area contributed by atoms with Gasteiger partial charge in [0.2, 0.25) is 5.91 Å². The Labute approximate surface area is 143 Å². The van der Waals surface area contributed by atoms with Crippen molar-refractivity contribution < 1.29 is 58.6 Å². The smallest absolute Gasteiger partial charge is 0.548 e. The number of carboxylic acid groups (broad SMARTS) is 1. The molecule has 0 aliphatic carbocycles. The fourth-order valence-electron chi connectivity index (χ4n) is 1.04. The van der Waals surface area contributed by atoms with Gasteiger partial charge in [-0.3, -0.25) is 4.79 Å². The summed E-state index contributed by atoms with van der Waals surface area (Å²) in [4.78, 5) is 43.5. The number of hydrogen-bond donors (Lipinski definition) is 3. The Kier molecular flexibility index (Phi) is 11.5. The first-order valence-electron chi connectivity index (χ1n) is 5.60. The first-order valence-corrected chi connectivity index (χ1v) is 5.60. The number of carbonyl (C=O) groups excluding carboxylic acids is 4. The molecule has 0 rings (SSSR count). The van der Waals surface area contributed by atoms with E-state index in [0.29, 0.717) is 0 Å². The standard InChI is InChI=1S/C11H17N3O6.Na/c1-6(2)10(18)20-4-3-13-11(19)14-7(9(16)17)5-8(12)15;/h7H,1,3-5H2,2H3,(H2,12,15)(H,16,17)(H2,13,14,19);/q;+1/p-1. The van der Waals surface area contributed by atoms with Gasteiger partial charge in [0.15, 0.2) is 0 Å². The molecule has 0 radical (unpaired) electrons. The molecule has 0 aliphatic heterocycles. The zero-order valence-corrected chi connectivity index (χ0v) is 13.9. The van der Waals surface area contributed by atoms with Gasteiger partial charge in [-0.1, -0.05) is 6.58 Å². The molecule has 9 nitrogen and oxygen atoms in total. The SMILES string of the molecule is C=C(C)C(=O)OCCNC(=O)NC(CC(N)=O)C(=O)[O-].[Na+]. The largest absolute Gasteiger partial charge is 1.00 e. The van der Waals surface area contributed by atoms with E-state index in [4.69, 9.17) is 5.73 Å². The van der Waals surface area contributed by atoms with E-state index in [0.717, 1.165) is 0 Å². The molecule has 3 amide bonds. The first kappa shape index (κ1) is 21.7. The number of aliphatic carboxylic acids is 1. The van der Waals surface area contributed by atoms with Gasteiger partial charge in [0.1, 0.15) is 6.61 Å². The van der Waals surface area contributed by atoms with Crippen molar-refractivity contribution in [3.63, 3.8) is 0 Å². The van der Waals surface area contributed by atoms with Gasteiger partial charge in [-0.2, -0.15) is 0 Å². The summed E-state index contributed by atoms with van der Waals surface area (Å²) in [5.41, 5.74) is 5.04. The third-order valence-corrected chi connectivity index (χ3v) is 1.96. The maximum Gasteiger partial charge on any atom is 1.00 e. The minimum atomic E-state index is -1.63. The van der Waals surface area contributed by atoms with Crippen molar-refractivity contribution >= 4 is 23.9 Å². The third-order valence-electron chi connectivity index (χ3n) is 1.96. The number of carboxylic acids is 1. The van der Waals surface area contributed by atoms with E-state index in [1.165, 1.54) is 6.92 Å². The number of rotatable bonds is 8. The van der Waals surface area contributed by atoms with Gasteiger partial charge in [-0.05, 0) is 6.92 Å². The molecular weight excluding hydrogens is 293 g/mol. The molecule has 0 aromatic carbocycles. The summed E-state index contributed by atoms with van der Waals surface area (Å²) in [6.07, 6.45) is -0.583. The van der Waals surface area contributed by atoms with Crippen LogP contribution < -0.4 is 51.0 Å². The Morgan fingerprint density at radius 1 is 1.33 bits per heavy atom. The van der Waals surface area contributed by atoms with E-state index in [1.807, 2.05) is 5.32 Å². The quantitative estimate of drug-likeness (QED) is 0.176. The molecule has 21 heavy (non-hydrogen) atoms. The van der Waals surface area contributed by atoms with Crippen molar-refractivity contribution in [1.82, 2.24) is 10.6 Å². The Morgan fingerprint density at radius 3 is 2.33 bits per heavy atom. The Morgan fingerprint density at radius 2 is 1.90 bits per heavy atom. The van der Waals surface area contributed by atoms with E-state index in [9.17, 15) is 24.3 Å². The monoisotopic (exact) mass is 309 g/mol. The molecule has 0 saturated heterocycles. The summed E-state index contributed by atoms with van der Waals surface area (Å²) in [7, 11) is 0. The summed E-state index contributed by atoms with van der Waals surface area (Å²) in [6, 6.07) is -2.38. The van der Waals surface area contributed by atoms with Crippen molar-refractivity contribution in [2.24, 2.45) is 5.73 Å². The topological polar surface area (TPSA) is 151 Å². The second-order valence-electron chi connectivity index (χ2n) is 3.86. The average Bonchev–Trinajstić information content (AvgIpc) is 2.32. The number of nitrogens with one attached hydrogen (secondary N) is 2. The Bertz CT molecular complexity index is 426. The number of ether oxygens (including phenoxy) is 1. The van der Waals surface area contributed by atoms with Crippen LogP contribution in [0.2, 0.25) is 0 Å². The van der Waals surface area contributed by atoms with Gasteiger partial charge in [0.05, 0.1) is 25.0 Å². The maximum atomic E-state index is 11.3. The molecule has 0 heterocycles. The average molecular weight is 309 g/mol. The Balaban J connectivity index is 0. The predicted octanol–water partition coefficient (Wildman–Crippen LogP) is -5.60. The molecule has 1 unspecified atom stereocenters. The molecule has 10 heteroatoms. The van der Waals surface area contributed by atoms with Gasteiger partial charge < -0.3 is 31.0 Å². The number of hydrogen-bond acceptors (Lipinski definition) is 6. The zero-order chi connectivity index (χ0) is 15.7. The summed E-state index contributed by atoms with van der Waals surface area (Å²) in [5, 5.41) is 14.8. The molecule has 0 fully saturated rings. The van der Waals surface area contributed by atoms with E-state index in [-0.39, 0.29) is 48.3 Å². The second kappa shape index (κ2) is 11.1. The van der Waals surface area contributed by atoms with Crippen LogP contribution in [0.3, 0.4) is 0 Å². The van der Waals surface area contributed by atoms with Crippen LogP contribution in [0.1, 0.15) is 13.3 Å². The van der Waals surface area contributed by atoms with E-state index in [1.54, 1.807) is 0 Å². The van der Waals surface area contributed by atoms with Crippen molar-refractivity contribution in [2.75, 3.05) is 13.2 Å². The summed E-state index contributed by atoms with van der Waals surface area (Å²) >= 11 is 0. The molecule has 0 saturated carbocycles. The van der Waals surface area contributed by atoms with Crippen LogP contribution in [0.4, 0.5) is 4.79 Å². The molecule has 0 aliphatic rings.